The Morgan fingerprint density at radius 3 is 1.83 bits per heavy atom. The van der Waals surface area contributed by atoms with Gasteiger partial charge in [0, 0.05) is 5.56 Å². The minimum atomic E-state index is -1.82. The average molecular weight is 343 g/mol. The number of hydrogen-bond acceptors (Lipinski definition) is 1. The van der Waals surface area contributed by atoms with E-state index in [0.29, 0.717) is 27.1 Å². The predicted octanol–water partition coefficient (Wildman–Crippen LogP) is 4.03. The molecule has 23 heavy (non-hydrogen) atoms. The summed E-state index contributed by atoms with van der Waals surface area (Å²) >= 11 is 0. The molecule has 1 nitrogen and oxygen atoms in total. The van der Waals surface area contributed by atoms with E-state index in [2.05, 4.69) is 58.9 Å². The van der Waals surface area contributed by atoms with Crippen LogP contribution in [0.1, 0.15) is 47.1 Å². The van der Waals surface area contributed by atoms with Crippen molar-refractivity contribution in [1.82, 2.24) is 0 Å². The van der Waals surface area contributed by atoms with Crippen molar-refractivity contribution in [2.45, 2.75) is 63.8 Å². The lowest BCUT2D eigenvalue weighted by atomic mass is 9.96. The molecule has 0 aliphatic carbocycles. The molecule has 0 saturated carbocycles. The van der Waals surface area contributed by atoms with E-state index >= 15 is 0 Å². The van der Waals surface area contributed by atoms with E-state index in [9.17, 15) is 0 Å². The van der Waals surface area contributed by atoms with Crippen molar-refractivity contribution in [3.63, 3.8) is 0 Å². The third-order valence-corrected chi connectivity index (χ3v) is 11.9. The van der Waals surface area contributed by atoms with Crippen LogP contribution in [0.25, 0.3) is 0 Å². The molecule has 1 unspecified atom stereocenters. The second-order valence-electron chi connectivity index (χ2n) is 7.04. The molecule has 0 N–H and O–H groups in total. The molecule has 0 amide bonds. The molecule has 0 aliphatic rings. The highest BCUT2D eigenvalue weighted by atomic mass is 28.3. The maximum atomic E-state index is 5.87. The quantitative estimate of drug-likeness (QED) is 0.580. The SMILES string of the molecule is C#CC(C#C[Si](C(C)C)(C(C)C)C(C)C)(O[SiH3])c1ccccc1. The summed E-state index contributed by atoms with van der Waals surface area (Å²) < 4.78 is 5.86. The van der Waals surface area contributed by atoms with E-state index in [1.165, 1.54) is 0 Å². The largest absolute Gasteiger partial charge is 0.400 e. The highest BCUT2D eigenvalue weighted by Gasteiger charge is 2.42. The van der Waals surface area contributed by atoms with Crippen molar-refractivity contribution in [1.29, 1.82) is 0 Å². The van der Waals surface area contributed by atoms with Crippen LogP contribution >= 0.6 is 0 Å². The summed E-state index contributed by atoms with van der Waals surface area (Å²) in [6, 6.07) is 9.98. The van der Waals surface area contributed by atoms with Gasteiger partial charge in [-0.15, -0.1) is 12.0 Å². The Hall–Kier alpha value is -1.27. The molecule has 0 aliphatic heterocycles. The second kappa shape index (κ2) is 8.02. The van der Waals surface area contributed by atoms with Gasteiger partial charge in [0.05, 0.1) is 0 Å². The molecule has 0 bridgehead atoms. The van der Waals surface area contributed by atoms with Crippen LogP contribution in [-0.4, -0.2) is 18.6 Å². The zero-order valence-corrected chi connectivity index (χ0v) is 18.6. The molecule has 124 valence electrons. The van der Waals surface area contributed by atoms with Gasteiger partial charge in [-0.05, 0) is 16.6 Å². The van der Waals surface area contributed by atoms with Crippen LogP contribution in [0, 0.1) is 23.8 Å². The minimum Gasteiger partial charge on any atom is -0.400 e. The summed E-state index contributed by atoms with van der Waals surface area (Å²) in [5.74, 6) is 6.25. The lowest BCUT2D eigenvalue weighted by Gasteiger charge is -2.38. The van der Waals surface area contributed by atoms with Crippen molar-refractivity contribution >= 4 is 18.6 Å². The fourth-order valence-corrected chi connectivity index (χ4v) is 9.44. The number of hydrogen-bond donors (Lipinski definition) is 0. The van der Waals surface area contributed by atoms with Gasteiger partial charge >= 0.3 is 0 Å². The molecule has 0 spiro atoms. The maximum absolute atomic E-state index is 5.87. The molecular formula is C20H30OSi2. The summed E-state index contributed by atoms with van der Waals surface area (Å²) in [7, 11) is -1.27. The first-order chi connectivity index (χ1) is 10.8. The lowest BCUT2D eigenvalue weighted by molar-refractivity contribution is 0.215. The van der Waals surface area contributed by atoms with E-state index in [-0.39, 0.29) is 0 Å². The molecule has 0 heterocycles. The molecule has 0 radical (unpaired) electrons. The normalized spacial score (nSPS) is 14.4. The molecule has 0 fully saturated rings. The second-order valence-corrected chi connectivity index (χ2v) is 13.0. The first-order valence-corrected chi connectivity index (χ1v) is 11.4. The van der Waals surface area contributed by atoms with Gasteiger partial charge in [-0.2, -0.15) is 0 Å². The first kappa shape index (κ1) is 19.8. The Bertz CT molecular complexity index is 580. The Kier molecular flexibility index (Phi) is 6.90. The highest BCUT2D eigenvalue weighted by Crippen LogP contribution is 2.41. The maximum Gasteiger partial charge on any atom is 0.205 e. The Labute approximate surface area is 146 Å². The van der Waals surface area contributed by atoms with Crippen LogP contribution in [0.2, 0.25) is 16.6 Å². The van der Waals surface area contributed by atoms with E-state index in [0.717, 1.165) is 5.56 Å². The number of benzene rings is 1. The summed E-state index contributed by atoms with van der Waals surface area (Å²) in [5, 5.41) is 0. The Morgan fingerprint density at radius 2 is 1.48 bits per heavy atom. The minimum absolute atomic E-state index is 0.551. The van der Waals surface area contributed by atoms with Gasteiger partial charge in [-0.3, -0.25) is 0 Å². The van der Waals surface area contributed by atoms with Crippen LogP contribution in [0.15, 0.2) is 30.3 Å². The fourth-order valence-electron chi connectivity index (χ4n) is 3.72. The van der Waals surface area contributed by atoms with E-state index in [4.69, 9.17) is 10.8 Å². The van der Waals surface area contributed by atoms with Gasteiger partial charge in [0.1, 0.15) is 18.6 Å². The predicted molar refractivity (Wildman–Crippen MR) is 107 cm³/mol. The van der Waals surface area contributed by atoms with Gasteiger partial charge in [0.25, 0.3) is 0 Å². The first-order valence-electron chi connectivity index (χ1n) is 8.39. The molecule has 0 saturated heterocycles. The van der Waals surface area contributed by atoms with Crippen LogP contribution in [-0.2, 0) is 10.0 Å². The molecule has 1 rings (SSSR count). The highest BCUT2D eigenvalue weighted by molar-refractivity contribution is 6.90. The van der Waals surface area contributed by atoms with E-state index in [1.54, 1.807) is 0 Å². The van der Waals surface area contributed by atoms with Gasteiger partial charge in [-0.1, -0.05) is 83.7 Å². The average Bonchev–Trinajstić information content (AvgIpc) is 2.52. The third kappa shape index (κ3) is 3.80. The standard InChI is InChI=1S/C20H30OSi2/c1-8-20(21-22,19-12-10-9-11-13-19)14-15-23(16(2)3,17(4)5)18(6)7/h1,9-13,16-18H,2-7,22H3. The van der Waals surface area contributed by atoms with Crippen molar-refractivity contribution in [2.24, 2.45) is 0 Å². The number of rotatable bonds is 5. The van der Waals surface area contributed by atoms with Crippen LogP contribution in [0.5, 0.6) is 0 Å². The van der Waals surface area contributed by atoms with Gasteiger partial charge in [0.15, 0.2) is 0 Å². The Balaban J connectivity index is 3.51. The summed E-state index contributed by atoms with van der Waals surface area (Å²) in [5.41, 5.74) is 5.52. The van der Waals surface area contributed by atoms with Gasteiger partial charge < -0.3 is 4.43 Å². The monoisotopic (exact) mass is 342 g/mol. The number of terminal acetylenes is 1. The van der Waals surface area contributed by atoms with E-state index < -0.39 is 13.7 Å². The molecule has 1 aromatic rings. The van der Waals surface area contributed by atoms with Crippen LogP contribution in [0.3, 0.4) is 0 Å². The van der Waals surface area contributed by atoms with Gasteiger partial charge in [-0.25, -0.2) is 0 Å². The third-order valence-electron chi connectivity index (χ3n) is 5.01. The fraction of sp³-hybridized carbons (Fsp3) is 0.500. The van der Waals surface area contributed by atoms with E-state index in [1.807, 2.05) is 30.3 Å². The topological polar surface area (TPSA) is 9.23 Å². The van der Waals surface area contributed by atoms with Crippen molar-refractivity contribution in [3.05, 3.63) is 35.9 Å². The van der Waals surface area contributed by atoms with Crippen LogP contribution < -0.4 is 0 Å². The zero-order valence-electron chi connectivity index (χ0n) is 15.6. The molecular weight excluding hydrogens is 312 g/mol. The molecule has 3 heteroatoms. The molecule has 1 atom stereocenters. The summed E-state index contributed by atoms with van der Waals surface area (Å²) in [4.78, 5) is 0. The van der Waals surface area contributed by atoms with Crippen LogP contribution in [0.4, 0.5) is 0 Å². The van der Waals surface area contributed by atoms with Crippen molar-refractivity contribution in [2.75, 3.05) is 0 Å². The van der Waals surface area contributed by atoms with Gasteiger partial charge in [0.2, 0.25) is 5.60 Å². The van der Waals surface area contributed by atoms with Crippen molar-refractivity contribution in [3.8, 4) is 23.8 Å². The molecule has 0 aromatic heterocycles. The Morgan fingerprint density at radius 1 is 1.00 bits per heavy atom. The molecule has 1 aromatic carbocycles. The van der Waals surface area contributed by atoms with Crippen molar-refractivity contribution < 1.29 is 4.43 Å². The summed E-state index contributed by atoms with van der Waals surface area (Å²) in [6.07, 6.45) is 5.87. The lowest BCUT2D eigenvalue weighted by Crippen LogP contribution is -2.44. The zero-order chi connectivity index (χ0) is 17.7. The summed E-state index contributed by atoms with van der Waals surface area (Å²) in [6.45, 7) is 13.8. The smallest absolute Gasteiger partial charge is 0.205 e.